The van der Waals surface area contributed by atoms with Crippen molar-refractivity contribution in [2.45, 2.75) is 52.6 Å². The van der Waals surface area contributed by atoms with Crippen LogP contribution in [0.25, 0.3) is 0 Å². The van der Waals surface area contributed by atoms with E-state index in [4.69, 9.17) is 0 Å². The number of aryl methyl sites for hydroxylation is 2. The van der Waals surface area contributed by atoms with E-state index in [1.165, 1.54) is 18.4 Å². The van der Waals surface area contributed by atoms with Gasteiger partial charge in [-0.25, -0.2) is 4.39 Å². The third-order valence-corrected chi connectivity index (χ3v) is 5.77. The van der Waals surface area contributed by atoms with Crippen LogP contribution in [-0.4, -0.2) is 52.8 Å². The summed E-state index contributed by atoms with van der Waals surface area (Å²) < 4.78 is 15.9. The Morgan fingerprint density at radius 2 is 2.04 bits per heavy atom. The number of halogens is 1. The summed E-state index contributed by atoms with van der Waals surface area (Å²) in [6.45, 7) is 10.6. The van der Waals surface area contributed by atoms with Gasteiger partial charge in [-0.2, -0.15) is 5.10 Å². The molecule has 28 heavy (non-hydrogen) atoms. The third kappa shape index (κ3) is 5.89. The number of aromatic nitrogens is 2. The van der Waals surface area contributed by atoms with Crippen molar-refractivity contribution in [3.05, 3.63) is 53.1 Å². The maximum Gasteiger partial charge on any atom is 0.126 e. The Labute approximate surface area is 169 Å². The lowest BCUT2D eigenvalue weighted by molar-refractivity contribution is 0.142. The largest absolute Gasteiger partial charge is 0.303 e. The van der Waals surface area contributed by atoms with E-state index in [1.54, 1.807) is 12.1 Å². The predicted octanol–water partition coefficient (Wildman–Crippen LogP) is 4.13. The molecule has 4 nitrogen and oxygen atoms in total. The Hall–Kier alpha value is -1.72. The van der Waals surface area contributed by atoms with Crippen LogP contribution in [0.2, 0.25) is 0 Å². The molecule has 3 rings (SSSR count). The van der Waals surface area contributed by atoms with Gasteiger partial charge in [-0.15, -0.1) is 0 Å². The zero-order valence-corrected chi connectivity index (χ0v) is 17.7. The first-order valence-corrected chi connectivity index (χ1v) is 10.7. The Morgan fingerprint density at radius 1 is 1.21 bits per heavy atom. The molecule has 1 aliphatic heterocycles. The van der Waals surface area contributed by atoms with Crippen molar-refractivity contribution in [2.75, 3.05) is 33.2 Å². The van der Waals surface area contributed by atoms with Crippen molar-refractivity contribution in [1.29, 1.82) is 0 Å². The maximum atomic E-state index is 13.9. The Balaban J connectivity index is 1.47. The average molecular weight is 387 g/mol. The van der Waals surface area contributed by atoms with Crippen LogP contribution in [0.3, 0.4) is 0 Å². The number of nitrogens with zero attached hydrogens (tertiary/aromatic N) is 4. The lowest BCUT2D eigenvalue weighted by atomic mass is 9.97. The van der Waals surface area contributed by atoms with Crippen LogP contribution in [0.1, 0.15) is 43.0 Å². The molecule has 1 saturated heterocycles. The quantitative estimate of drug-likeness (QED) is 0.648. The van der Waals surface area contributed by atoms with Gasteiger partial charge in [0.2, 0.25) is 0 Å². The van der Waals surface area contributed by atoms with Gasteiger partial charge in [0.05, 0.1) is 5.69 Å². The Morgan fingerprint density at radius 3 is 2.82 bits per heavy atom. The van der Waals surface area contributed by atoms with Gasteiger partial charge in [0.25, 0.3) is 0 Å². The molecule has 0 amide bonds. The fraction of sp³-hybridized carbons (Fsp3) is 0.609. The van der Waals surface area contributed by atoms with Gasteiger partial charge in [0, 0.05) is 44.5 Å². The average Bonchev–Trinajstić information content (AvgIpc) is 3.00. The Bertz CT molecular complexity index is 742. The summed E-state index contributed by atoms with van der Waals surface area (Å²) in [6.07, 6.45) is 6.64. The fourth-order valence-corrected chi connectivity index (χ4v) is 4.34. The molecule has 0 N–H and O–H groups in total. The van der Waals surface area contributed by atoms with E-state index in [1.807, 2.05) is 12.1 Å². The van der Waals surface area contributed by atoms with E-state index < -0.39 is 0 Å². The zero-order chi connectivity index (χ0) is 19.9. The van der Waals surface area contributed by atoms with Gasteiger partial charge < -0.3 is 9.80 Å². The number of hydrogen-bond acceptors (Lipinski definition) is 3. The first kappa shape index (κ1) is 21.0. The van der Waals surface area contributed by atoms with E-state index in [2.05, 4.69) is 46.7 Å². The van der Waals surface area contributed by atoms with E-state index in [9.17, 15) is 4.39 Å². The van der Waals surface area contributed by atoms with E-state index in [-0.39, 0.29) is 5.82 Å². The van der Waals surface area contributed by atoms with E-state index in [0.29, 0.717) is 5.92 Å². The molecule has 1 fully saturated rings. The molecular weight excluding hydrogens is 351 g/mol. The van der Waals surface area contributed by atoms with Crippen LogP contribution < -0.4 is 0 Å². The van der Waals surface area contributed by atoms with Crippen molar-refractivity contribution in [3.63, 3.8) is 0 Å². The highest BCUT2D eigenvalue weighted by atomic mass is 19.1. The minimum Gasteiger partial charge on any atom is -0.303 e. The SMILES string of the molecule is CCCn1cc(CN(C)C[C@H]2CCCN(CCc3ccccc3F)C2)c(C)n1. The number of piperidine rings is 1. The van der Waals surface area contributed by atoms with Crippen molar-refractivity contribution >= 4 is 0 Å². The smallest absolute Gasteiger partial charge is 0.126 e. The van der Waals surface area contributed by atoms with Crippen LogP contribution >= 0.6 is 0 Å². The molecule has 1 aromatic heterocycles. The lowest BCUT2D eigenvalue weighted by Gasteiger charge is -2.34. The topological polar surface area (TPSA) is 24.3 Å². The van der Waals surface area contributed by atoms with Crippen LogP contribution in [0, 0.1) is 18.7 Å². The molecule has 1 atom stereocenters. The summed E-state index contributed by atoms with van der Waals surface area (Å²) in [5.41, 5.74) is 3.32. The standard InChI is InChI=1S/C23H35FN4/c1-4-12-28-18-22(19(2)25-28)17-26(3)15-20-8-7-13-27(16-20)14-11-21-9-5-6-10-23(21)24/h5-6,9-10,18,20H,4,7-8,11-17H2,1-3H3/t20-/m1/s1. The highest BCUT2D eigenvalue weighted by molar-refractivity contribution is 5.17. The van der Waals surface area contributed by atoms with Crippen LogP contribution in [-0.2, 0) is 19.5 Å². The molecule has 5 heteroatoms. The molecule has 0 radical (unpaired) electrons. The number of hydrogen-bond donors (Lipinski definition) is 0. The van der Waals surface area contributed by atoms with Gasteiger partial charge in [0.1, 0.15) is 5.82 Å². The monoisotopic (exact) mass is 386 g/mol. The fourth-order valence-electron chi connectivity index (χ4n) is 4.34. The molecule has 2 heterocycles. The summed E-state index contributed by atoms with van der Waals surface area (Å²) in [5, 5.41) is 4.62. The van der Waals surface area contributed by atoms with Gasteiger partial charge in [0.15, 0.2) is 0 Å². The molecular formula is C23H35FN4. The van der Waals surface area contributed by atoms with Crippen molar-refractivity contribution in [3.8, 4) is 0 Å². The minimum absolute atomic E-state index is 0.0743. The minimum atomic E-state index is -0.0743. The summed E-state index contributed by atoms with van der Waals surface area (Å²) in [5.74, 6) is 0.611. The van der Waals surface area contributed by atoms with Crippen molar-refractivity contribution < 1.29 is 4.39 Å². The number of benzene rings is 1. The Kier molecular flexibility index (Phi) is 7.63. The molecule has 1 aliphatic rings. The molecule has 0 spiro atoms. The summed E-state index contributed by atoms with van der Waals surface area (Å²) in [7, 11) is 2.22. The van der Waals surface area contributed by atoms with Crippen molar-refractivity contribution in [2.24, 2.45) is 5.92 Å². The second-order valence-electron chi connectivity index (χ2n) is 8.35. The third-order valence-electron chi connectivity index (χ3n) is 5.77. The molecule has 0 unspecified atom stereocenters. The summed E-state index contributed by atoms with van der Waals surface area (Å²) >= 11 is 0. The second-order valence-corrected chi connectivity index (χ2v) is 8.35. The van der Waals surface area contributed by atoms with Crippen molar-refractivity contribution in [1.82, 2.24) is 19.6 Å². The predicted molar refractivity (Wildman–Crippen MR) is 113 cm³/mol. The second kappa shape index (κ2) is 10.2. The summed E-state index contributed by atoms with van der Waals surface area (Å²) in [4.78, 5) is 4.95. The van der Waals surface area contributed by atoms with Gasteiger partial charge in [-0.3, -0.25) is 4.68 Å². The highest BCUT2D eigenvalue weighted by Crippen LogP contribution is 2.19. The van der Waals surface area contributed by atoms with Crippen LogP contribution in [0.4, 0.5) is 4.39 Å². The number of likely N-dealkylation sites (tertiary alicyclic amines) is 1. The molecule has 154 valence electrons. The molecule has 2 aromatic rings. The van der Waals surface area contributed by atoms with Crippen LogP contribution in [0.15, 0.2) is 30.5 Å². The lowest BCUT2D eigenvalue weighted by Crippen LogP contribution is -2.40. The molecule has 0 bridgehead atoms. The van der Waals surface area contributed by atoms with E-state index >= 15 is 0 Å². The number of rotatable bonds is 9. The van der Waals surface area contributed by atoms with E-state index in [0.717, 1.165) is 63.4 Å². The first-order chi connectivity index (χ1) is 13.5. The van der Waals surface area contributed by atoms with Gasteiger partial charge >= 0.3 is 0 Å². The van der Waals surface area contributed by atoms with Gasteiger partial charge in [-0.1, -0.05) is 25.1 Å². The highest BCUT2D eigenvalue weighted by Gasteiger charge is 2.21. The molecule has 0 saturated carbocycles. The maximum absolute atomic E-state index is 13.9. The van der Waals surface area contributed by atoms with Gasteiger partial charge in [-0.05, 0) is 63.7 Å². The molecule has 0 aliphatic carbocycles. The normalized spacial score (nSPS) is 18.1. The first-order valence-electron chi connectivity index (χ1n) is 10.7. The van der Waals surface area contributed by atoms with Crippen LogP contribution in [0.5, 0.6) is 0 Å². The zero-order valence-electron chi connectivity index (χ0n) is 17.7. The molecule has 1 aromatic carbocycles. The summed E-state index contributed by atoms with van der Waals surface area (Å²) in [6, 6.07) is 7.16.